The third-order valence-corrected chi connectivity index (χ3v) is 23.8. The minimum absolute atomic E-state index is 1.31. The lowest BCUT2D eigenvalue weighted by Gasteiger charge is -2.39. The predicted molar refractivity (Wildman–Crippen MR) is 107 cm³/mol. The fraction of sp³-hybridized carbons (Fsp3) is 0.100. The summed E-state index contributed by atoms with van der Waals surface area (Å²) in [5.41, 5.74) is 0. The van der Waals surface area contributed by atoms with E-state index in [1.807, 2.05) is 0 Å². The van der Waals surface area contributed by atoms with E-state index in [0.29, 0.717) is 0 Å². The molecule has 0 aliphatic rings. The SMILES string of the molecule is C[Si](C)(c1ccccc1)[Si](Cl)(c1ccccc1)c1ccccc1. The van der Waals surface area contributed by atoms with E-state index in [0.717, 1.165) is 0 Å². The zero-order valence-corrected chi connectivity index (χ0v) is 16.3. The Morgan fingerprint density at radius 3 is 1.17 bits per heavy atom. The van der Waals surface area contributed by atoms with E-state index in [-0.39, 0.29) is 0 Å². The Bertz CT molecular complexity index is 716. The monoisotopic (exact) mass is 352 g/mol. The van der Waals surface area contributed by atoms with Gasteiger partial charge in [0.15, 0.2) is 0 Å². The molecule has 0 aliphatic carbocycles. The van der Waals surface area contributed by atoms with Crippen LogP contribution in [0.4, 0.5) is 0 Å². The second-order valence-electron chi connectivity index (χ2n) is 6.38. The van der Waals surface area contributed by atoms with Crippen molar-refractivity contribution in [1.29, 1.82) is 0 Å². The first-order valence-corrected chi connectivity index (χ1v) is 14.9. The van der Waals surface area contributed by atoms with Gasteiger partial charge in [0.05, 0.1) is 0 Å². The van der Waals surface area contributed by atoms with Crippen LogP contribution in [0, 0.1) is 0 Å². The van der Waals surface area contributed by atoms with E-state index in [4.69, 9.17) is 11.1 Å². The molecule has 0 heterocycles. The molecule has 116 valence electrons. The van der Waals surface area contributed by atoms with Crippen molar-refractivity contribution in [3.8, 4) is 0 Å². The molecule has 0 fully saturated rings. The van der Waals surface area contributed by atoms with Crippen LogP contribution in [0.3, 0.4) is 0 Å². The zero-order chi connectivity index (χ0) is 16.3. The van der Waals surface area contributed by atoms with Crippen molar-refractivity contribution in [2.75, 3.05) is 0 Å². The van der Waals surface area contributed by atoms with E-state index in [1.54, 1.807) is 0 Å². The first-order chi connectivity index (χ1) is 11.1. The highest BCUT2D eigenvalue weighted by atomic mass is 35.6. The molecule has 0 amide bonds. The van der Waals surface area contributed by atoms with Crippen molar-refractivity contribution < 1.29 is 0 Å². The van der Waals surface area contributed by atoms with E-state index in [2.05, 4.69) is 104 Å². The number of halogens is 1. The van der Waals surface area contributed by atoms with E-state index in [9.17, 15) is 0 Å². The van der Waals surface area contributed by atoms with Crippen LogP contribution < -0.4 is 15.6 Å². The zero-order valence-electron chi connectivity index (χ0n) is 13.5. The van der Waals surface area contributed by atoms with E-state index >= 15 is 0 Å². The number of benzene rings is 3. The van der Waals surface area contributed by atoms with Crippen LogP contribution in [0.5, 0.6) is 0 Å². The van der Waals surface area contributed by atoms with Gasteiger partial charge in [0.2, 0.25) is 6.90 Å². The van der Waals surface area contributed by atoms with Crippen LogP contribution in [-0.4, -0.2) is 14.5 Å². The third-order valence-electron chi connectivity index (χ3n) is 4.70. The van der Waals surface area contributed by atoms with Gasteiger partial charge in [-0.2, -0.15) is 11.1 Å². The highest BCUT2D eigenvalue weighted by molar-refractivity contribution is 7.70. The Labute approximate surface area is 145 Å². The molecular formula is C20H21ClSi2. The quantitative estimate of drug-likeness (QED) is 0.496. The summed E-state index contributed by atoms with van der Waals surface area (Å²) in [6.45, 7) is 2.48. The van der Waals surface area contributed by atoms with Crippen LogP contribution in [0.15, 0.2) is 91.0 Å². The molecule has 3 aromatic rings. The average molecular weight is 353 g/mol. The Morgan fingerprint density at radius 1 is 0.522 bits per heavy atom. The molecule has 0 radical (unpaired) electrons. The molecule has 0 atom stereocenters. The number of hydrogen-bond acceptors (Lipinski definition) is 0. The van der Waals surface area contributed by atoms with Crippen molar-refractivity contribution in [2.24, 2.45) is 0 Å². The molecule has 3 aromatic carbocycles. The summed E-state index contributed by atoms with van der Waals surface area (Å²) in [6, 6.07) is 32.3. The lowest BCUT2D eigenvalue weighted by Crippen LogP contribution is -2.75. The van der Waals surface area contributed by atoms with Gasteiger partial charge in [-0.3, -0.25) is 0 Å². The maximum absolute atomic E-state index is 7.62. The predicted octanol–water partition coefficient (Wildman–Crippen LogP) is 3.68. The highest BCUT2D eigenvalue weighted by Crippen LogP contribution is 2.24. The molecule has 0 saturated carbocycles. The summed E-state index contributed by atoms with van der Waals surface area (Å²) in [7, 11) is -1.91. The van der Waals surface area contributed by atoms with Crippen LogP contribution in [0.25, 0.3) is 0 Å². The molecule has 0 aliphatic heterocycles. The van der Waals surface area contributed by atoms with Gasteiger partial charge in [0.25, 0.3) is 0 Å². The molecule has 3 rings (SSSR count). The topological polar surface area (TPSA) is 0 Å². The standard InChI is InChI=1S/C20H21ClSi2/c1-22(2,18-12-6-3-7-13-18)23(21,19-14-8-4-9-15-19)20-16-10-5-11-17-20/h3-17H,1-2H3. The maximum atomic E-state index is 7.62. The lowest BCUT2D eigenvalue weighted by molar-refractivity contribution is 1.70. The van der Waals surface area contributed by atoms with Gasteiger partial charge in [-0.05, 0) is 10.4 Å². The molecule has 0 unspecified atom stereocenters. The second kappa shape index (κ2) is 6.48. The molecular weight excluding hydrogens is 332 g/mol. The molecule has 0 saturated heterocycles. The number of hydrogen-bond donors (Lipinski definition) is 0. The Kier molecular flexibility index (Phi) is 4.58. The summed E-state index contributed by atoms with van der Waals surface area (Å²) in [5, 5.41) is 4.05. The van der Waals surface area contributed by atoms with Gasteiger partial charge in [-0.1, -0.05) is 109 Å². The smallest absolute Gasteiger partial charge is 0.158 e. The average Bonchev–Trinajstić information content (AvgIpc) is 2.63. The van der Waals surface area contributed by atoms with Gasteiger partial charge in [-0.15, -0.1) is 0 Å². The van der Waals surface area contributed by atoms with Crippen LogP contribution in [0.1, 0.15) is 0 Å². The van der Waals surface area contributed by atoms with Crippen molar-refractivity contribution in [3.05, 3.63) is 91.0 Å². The van der Waals surface area contributed by atoms with Crippen LogP contribution in [-0.2, 0) is 0 Å². The molecule has 0 bridgehead atoms. The normalized spacial score (nSPS) is 12.1. The first-order valence-electron chi connectivity index (χ1n) is 7.92. The van der Waals surface area contributed by atoms with Gasteiger partial charge < -0.3 is 0 Å². The third kappa shape index (κ3) is 2.82. The largest absolute Gasteiger partial charge is 0.210 e. The summed E-state index contributed by atoms with van der Waals surface area (Å²) in [5.74, 6) is 0. The Morgan fingerprint density at radius 2 is 0.826 bits per heavy atom. The van der Waals surface area contributed by atoms with Crippen molar-refractivity contribution >= 4 is 41.1 Å². The van der Waals surface area contributed by atoms with Crippen molar-refractivity contribution in [2.45, 2.75) is 13.1 Å². The number of rotatable bonds is 4. The van der Waals surface area contributed by atoms with Gasteiger partial charge >= 0.3 is 0 Å². The van der Waals surface area contributed by atoms with E-state index < -0.39 is 14.5 Å². The van der Waals surface area contributed by atoms with Crippen LogP contribution in [0.2, 0.25) is 13.1 Å². The molecule has 0 nitrogen and oxygen atoms in total. The molecule has 0 spiro atoms. The second-order valence-corrected chi connectivity index (χ2v) is 21.3. The highest BCUT2D eigenvalue weighted by Gasteiger charge is 2.51. The Balaban J connectivity index is 2.25. The van der Waals surface area contributed by atoms with E-state index in [1.165, 1.54) is 15.6 Å². The van der Waals surface area contributed by atoms with Gasteiger partial charge in [-0.25, -0.2) is 0 Å². The minimum Gasteiger partial charge on any atom is -0.158 e. The molecule has 0 aromatic heterocycles. The van der Waals surface area contributed by atoms with Gasteiger partial charge in [0, 0.05) is 0 Å². The lowest BCUT2D eigenvalue weighted by atomic mass is 10.4. The minimum atomic E-state index is -2.36. The molecule has 3 heteroatoms. The molecule has 23 heavy (non-hydrogen) atoms. The summed E-state index contributed by atoms with van der Waals surface area (Å²) < 4.78 is 0. The van der Waals surface area contributed by atoms with Crippen LogP contribution >= 0.6 is 11.1 Å². The Hall–Kier alpha value is -1.62. The van der Waals surface area contributed by atoms with Crippen molar-refractivity contribution in [1.82, 2.24) is 0 Å². The first kappa shape index (κ1) is 16.2. The fourth-order valence-electron chi connectivity index (χ4n) is 3.28. The summed E-state index contributed by atoms with van der Waals surface area (Å²) >= 11 is 7.62. The van der Waals surface area contributed by atoms with Crippen molar-refractivity contribution in [3.63, 3.8) is 0 Å². The summed E-state index contributed by atoms with van der Waals surface area (Å²) in [4.78, 5) is 0. The molecule has 0 N–H and O–H groups in total. The van der Waals surface area contributed by atoms with Gasteiger partial charge in [0.1, 0.15) is 7.59 Å². The maximum Gasteiger partial charge on any atom is 0.210 e. The fourth-order valence-corrected chi connectivity index (χ4v) is 16.5. The summed E-state index contributed by atoms with van der Waals surface area (Å²) in [6.07, 6.45) is 0.